The number of fused-ring (bicyclic) bond motifs is 1. The minimum atomic E-state index is -0.647. The summed E-state index contributed by atoms with van der Waals surface area (Å²) < 4.78 is 20.3. The molecule has 8 heteroatoms. The quantitative estimate of drug-likeness (QED) is 0.363. The molecule has 4 rings (SSSR count). The molecule has 2 aromatic heterocycles. The zero-order valence-electron chi connectivity index (χ0n) is 17.2. The number of rotatable bonds is 6. The van der Waals surface area contributed by atoms with Gasteiger partial charge >= 0.3 is 0 Å². The Balaban J connectivity index is 1.73. The molecule has 0 radical (unpaired) electrons. The average Bonchev–Trinajstić information content (AvgIpc) is 2.84. The standard InChI is InChI=1S/C25H17FN4O3/c26-19-9-11-20(12-10-19)33-24-21(25(32)30-13-5-4-8-22(30)29-24)14-18(15-27)23(31)28-16-17-6-2-1-3-7-17/h1-14H,16H2,(H,28,31)/b18-14+. The lowest BCUT2D eigenvalue weighted by atomic mass is 10.1. The van der Waals surface area contributed by atoms with Crippen LogP contribution in [-0.2, 0) is 11.3 Å². The zero-order chi connectivity index (χ0) is 23.2. The molecule has 0 unspecified atom stereocenters. The fraction of sp³-hybridized carbons (Fsp3) is 0.0400. The first kappa shape index (κ1) is 21.5. The number of halogens is 1. The van der Waals surface area contributed by atoms with Crippen molar-refractivity contribution in [3.05, 3.63) is 112 Å². The Labute approximate surface area is 188 Å². The Morgan fingerprint density at radius 3 is 2.55 bits per heavy atom. The molecule has 0 bridgehead atoms. The van der Waals surface area contributed by atoms with Gasteiger partial charge in [0, 0.05) is 12.7 Å². The second-order valence-corrected chi connectivity index (χ2v) is 6.96. The Morgan fingerprint density at radius 2 is 1.82 bits per heavy atom. The average molecular weight is 440 g/mol. The van der Waals surface area contributed by atoms with Crippen molar-refractivity contribution in [3.63, 3.8) is 0 Å². The molecule has 0 atom stereocenters. The highest BCUT2D eigenvalue weighted by atomic mass is 19.1. The van der Waals surface area contributed by atoms with Crippen molar-refractivity contribution in [1.82, 2.24) is 14.7 Å². The molecule has 0 aliphatic rings. The molecule has 162 valence electrons. The zero-order valence-corrected chi connectivity index (χ0v) is 17.2. The highest BCUT2D eigenvalue weighted by molar-refractivity contribution is 6.01. The number of nitrogens with one attached hydrogen (secondary N) is 1. The van der Waals surface area contributed by atoms with Crippen LogP contribution in [0.1, 0.15) is 11.1 Å². The molecule has 2 aromatic carbocycles. The molecule has 0 saturated heterocycles. The van der Waals surface area contributed by atoms with Gasteiger partial charge in [0.15, 0.2) is 0 Å². The first-order valence-corrected chi connectivity index (χ1v) is 9.94. The second-order valence-electron chi connectivity index (χ2n) is 6.96. The van der Waals surface area contributed by atoms with Crippen molar-refractivity contribution in [2.45, 2.75) is 6.54 Å². The van der Waals surface area contributed by atoms with E-state index >= 15 is 0 Å². The predicted molar refractivity (Wildman–Crippen MR) is 120 cm³/mol. The molecule has 0 aliphatic heterocycles. The number of carbonyl (C=O) groups excluding carboxylic acids is 1. The van der Waals surface area contributed by atoms with Gasteiger partial charge in [-0.25, -0.2) is 4.39 Å². The van der Waals surface area contributed by atoms with E-state index in [9.17, 15) is 19.2 Å². The summed E-state index contributed by atoms with van der Waals surface area (Å²) >= 11 is 0. The fourth-order valence-corrected chi connectivity index (χ4v) is 3.06. The van der Waals surface area contributed by atoms with Gasteiger partial charge in [-0.3, -0.25) is 14.0 Å². The van der Waals surface area contributed by atoms with Gasteiger partial charge in [-0.15, -0.1) is 0 Å². The third-order valence-corrected chi connectivity index (χ3v) is 4.71. The molecule has 4 aromatic rings. The van der Waals surface area contributed by atoms with Crippen LogP contribution < -0.4 is 15.6 Å². The van der Waals surface area contributed by atoms with Gasteiger partial charge < -0.3 is 10.1 Å². The van der Waals surface area contributed by atoms with Gasteiger partial charge in [-0.2, -0.15) is 10.2 Å². The van der Waals surface area contributed by atoms with Crippen molar-refractivity contribution >= 4 is 17.6 Å². The highest BCUT2D eigenvalue weighted by Crippen LogP contribution is 2.24. The van der Waals surface area contributed by atoms with Crippen LogP contribution in [0.3, 0.4) is 0 Å². The van der Waals surface area contributed by atoms with Crippen LogP contribution in [0, 0.1) is 17.1 Å². The lowest BCUT2D eigenvalue weighted by Crippen LogP contribution is -2.25. The Morgan fingerprint density at radius 1 is 1.09 bits per heavy atom. The third-order valence-electron chi connectivity index (χ3n) is 4.71. The topological polar surface area (TPSA) is 96.5 Å². The van der Waals surface area contributed by atoms with Crippen molar-refractivity contribution in [1.29, 1.82) is 5.26 Å². The lowest BCUT2D eigenvalue weighted by molar-refractivity contribution is -0.117. The van der Waals surface area contributed by atoms with Crippen LogP contribution >= 0.6 is 0 Å². The second kappa shape index (κ2) is 9.58. The number of nitrogens with zero attached hydrogens (tertiary/aromatic N) is 3. The highest BCUT2D eigenvalue weighted by Gasteiger charge is 2.17. The summed E-state index contributed by atoms with van der Waals surface area (Å²) in [5, 5.41) is 12.2. The summed E-state index contributed by atoms with van der Waals surface area (Å²) in [5.41, 5.74) is 0.264. The van der Waals surface area contributed by atoms with E-state index in [1.807, 2.05) is 36.4 Å². The number of hydrogen-bond acceptors (Lipinski definition) is 5. The number of hydrogen-bond donors (Lipinski definition) is 1. The van der Waals surface area contributed by atoms with Crippen molar-refractivity contribution in [3.8, 4) is 17.7 Å². The SMILES string of the molecule is N#C/C(=C\c1c(Oc2ccc(F)cc2)nc2ccccn2c1=O)C(=O)NCc1ccccc1. The molecule has 1 N–H and O–H groups in total. The van der Waals surface area contributed by atoms with E-state index in [0.29, 0.717) is 5.65 Å². The van der Waals surface area contributed by atoms with Crippen LogP contribution in [0.4, 0.5) is 4.39 Å². The van der Waals surface area contributed by atoms with Gasteiger partial charge in [-0.05, 0) is 48.0 Å². The molecule has 7 nitrogen and oxygen atoms in total. The monoisotopic (exact) mass is 440 g/mol. The van der Waals surface area contributed by atoms with E-state index in [1.54, 1.807) is 18.2 Å². The molecule has 33 heavy (non-hydrogen) atoms. The maximum Gasteiger partial charge on any atom is 0.269 e. The third kappa shape index (κ3) is 4.94. The van der Waals surface area contributed by atoms with E-state index in [2.05, 4.69) is 10.3 Å². The lowest BCUT2D eigenvalue weighted by Gasteiger charge is -2.10. The first-order chi connectivity index (χ1) is 16.0. The number of ether oxygens (including phenoxy) is 1. The first-order valence-electron chi connectivity index (χ1n) is 9.94. The summed E-state index contributed by atoms with van der Waals surface area (Å²) in [6, 6.07) is 21.2. The summed E-state index contributed by atoms with van der Waals surface area (Å²) in [7, 11) is 0. The minimum Gasteiger partial charge on any atom is -0.438 e. The number of benzene rings is 2. The van der Waals surface area contributed by atoms with Gasteiger partial charge in [0.05, 0.1) is 0 Å². The van der Waals surface area contributed by atoms with Crippen LogP contribution in [0.25, 0.3) is 11.7 Å². The summed E-state index contributed by atoms with van der Waals surface area (Å²) in [6.07, 6.45) is 2.67. The summed E-state index contributed by atoms with van der Waals surface area (Å²) in [5.74, 6) is -0.964. The fourth-order valence-electron chi connectivity index (χ4n) is 3.06. The van der Waals surface area contributed by atoms with Gasteiger partial charge in [-0.1, -0.05) is 36.4 Å². The van der Waals surface area contributed by atoms with E-state index in [-0.39, 0.29) is 29.3 Å². The van der Waals surface area contributed by atoms with Crippen molar-refractivity contribution < 1.29 is 13.9 Å². The van der Waals surface area contributed by atoms with Gasteiger partial charge in [0.25, 0.3) is 11.5 Å². The maximum atomic E-state index is 13.3. The molecule has 2 heterocycles. The largest absolute Gasteiger partial charge is 0.438 e. The van der Waals surface area contributed by atoms with Crippen LogP contribution in [0.15, 0.2) is 89.4 Å². The molecule has 0 spiro atoms. The van der Waals surface area contributed by atoms with Crippen molar-refractivity contribution in [2.75, 3.05) is 0 Å². The van der Waals surface area contributed by atoms with E-state index in [0.717, 1.165) is 11.6 Å². The summed E-state index contributed by atoms with van der Waals surface area (Å²) in [4.78, 5) is 30.1. The van der Waals surface area contributed by atoms with E-state index < -0.39 is 17.3 Å². The molecule has 0 aliphatic carbocycles. The molecule has 1 amide bonds. The normalized spacial score (nSPS) is 11.1. The molecular weight excluding hydrogens is 423 g/mol. The number of nitriles is 1. The van der Waals surface area contributed by atoms with Gasteiger partial charge in [0.2, 0.25) is 5.88 Å². The van der Waals surface area contributed by atoms with Crippen LogP contribution in [0.2, 0.25) is 0 Å². The van der Waals surface area contributed by atoms with Crippen LogP contribution in [-0.4, -0.2) is 15.3 Å². The predicted octanol–water partition coefficient (Wildman–Crippen LogP) is 3.85. The molecule has 0 saturated carbocycles. The number of carbonyl (C=O) groups is 1. The Hall–Kier alpha value is -4.77. The maximum absolute atomic E-state index is 13.3. The molecular formula is C25H17FN4O3. The van der Waals surface area contributed by atoms with E-state index in [1.165, 1.54) is 34.9 Å². The number of aromatic nitrogens is 2. The van der Waals surface area contributed by atoms with E-state index in [4.69, 9.17) is 4.74 Å². The number of amides is 1. The Kier molecular flexibility index (Phi) is 6.23. The smallest absolute Gasteiger partial charge is 0.269 e. The van der Waals surface area contributed by atoms with Gasteiger partial charge in [0.1, 0.15) is 34.4 Å². The van der Waals surface area contributed by atoms with Crippen LogP contribution in [0.5, 0.6) is 11.6 Å². The Bertz CT molecular complexity index is 1440. The van der Waals surface area contributed by atoms with Crippen molar-refractivity contribution in [2.24, 2.45) is 0 Å². The molecule has 0 fully saturated rings. The number of pyridine rings is 1. The summed E-state index contributed by atoms with van der Waals surface area (Å²) in [6.45, 7) is 0.215. The minimum absolute atomic E-state index is 0.0885.